The molecule has 2 heteroatoms. The molecule has 1 aromatic carbocycles. The lowest BCUT2D eigenvalue weighted by Gasteiger charge is -2.25. The highest BCUT2D eigenvalue weighted by Gasteiger charge is 2.20. The van der Waals surface area contributed by atoms with E-state index in [1.165, 1.54) is 22.3 Å². The summed E-state index contributed by atoms with van der Waals surface area (Å²) in [6, 6.07) is 18.9. The third kappa shape index (κ3) is 3.61. The predicted octanol–water partition coefficient (Wildman–Crippen LogP) is 6.57. The van der Waals surface area contributed by atoms with Crippen LogP contribution in [0.15, 0.2) is 84.2 Å². The predicted molar refractivity (Wildman–Crippen MR) is 113 cm³/mol. The largest absolute Gasteiger partial charge is 0.256 e. The second-order valence-electron chi connectivity index (χ2n) is 7.42. The fourth-order valence-electron chi connectivity index (χ4n) is 4.14. The molecule has 1 atom stereocenters. The van der Waals surface area contributed by atoms with Crippen molar-refractivity contribution in [2.24, 2.45) is 5.92 Å². The Bertz CT molecular complexity index is 957. The standard InChI is InChI=1S/C25H24N2/c1-17-12-18(2)25(19(3)13-17)22-15-20(23-8-4-6-10-26-23)14-21(16-22)24-9-5-7-11-27-24/h4-12,14-16,19H,13H2,1-3H3. The normalized spacial score (nSPS) is 17.0. The molecule has 134 valence electrons. The van der Waals surface area contributed by atoms with Crippen molar-refractivity contribution in [1.82, 2.24) is 9.97 Å². The van der Waals surface area contributed by atoms with E-state index in [2.05, 4.69) is 67.1 Å². The molecule has 4 rings (SSSR count). The first-order valence-electron chi connectivity index (χ1n) is 9.48. The van der Waals surface area contributed by atoms with Crippen molar-refractivity contribution >= 4 is 5.57 Å². The third-order valence-corrected chi connectivity index (χ3v) is 5.17. The quantitative estimate of drug-likeness (QED) is 0.533. The lowest BCUT2D eigenvalue weighted by atomic mass is 9.80. The van der Waals surface area contributed by atoms with Gasteiger partial charge < -0.3 is 0 Å². The molecule has 0 saturated carbocycles. The van der Waals surface area contributed by atoms with Crippen LogP contribution in [0, 0.1) is 5.92 Å². The van der Waals surface area contributed by atoms with Crippen molar-refractivity contribution in [2.45, 2.75) is 27.2 Å². The Morgan fingerprint density at radius 3 is 1.81 bits per heavy atom. The van der Waals surface area contributed by atoms with Crippen LogP contribution >= 0.6 is 0 Å². The number of nitrogens with zero attached hydrogens (tertiary/aromatic N) is 2. The fraction of sp³-hybridized carbons (Fsp3) is 0.200. The zero-order chi connectivity index (χ0) is 18.8. The van der Waals surface area contributed by atoms with E-state index in [0.717, 1.165) is 28.9 Å². The van der Waals surface area contributed by atoms with E-state index in [1.807, 2.05) is 36.7 Å². The fourth-order valence-corrected chi connectivity index (χ4v) is 4.14. The summed E-state index contributed by atoms with van der Waals surface area (Å²) in [4.78, 5) is 9.14. The highest BCUT2D eigenvalue weighted by Crippen LogP contribution is 2.39. The summed E-state index contributed by atoms with van der Waals surface area (Å²) in [7, 11) is 0. The number of allylic oxidation sites excluding steroid dienone is 4. The first-order chi connectivity index (χ1) is 13.1. The Balaban J connectivity index is 1.93. The molecule has 2 nitrogen and oxygen atoms in total. The molecule has 3 aromatic rings. The van der Waals surface area contributed by atoms with E-state index in [4.69, 9.17) is 0 Å². The summed E-state index contributed by atoms with van der Waals surface area (Å²) in [5.74, 6) is 0.505. The molecule has 0 radical (unpaired) electrons. The van der Waals surface area contributed by atoms with Gasteiger partial charge in [-0.15, -0.1) is 0 Å². The topological polar surface area (TPSA) is 25.8 Å². The van der Waals surface area contributed by atoms with Crippen LogP contribution in [0.25, 0.3) is 28.1 Å². The maximum absolute atomic E-state index is 4.57. The minimum atomic E-state index is 0.505. The molecule has 0 N–H and O–H groups in total. The number of benzene rings is 1. The highest BCUT2D eigenvalue weighted by atomic mass is 14.7. The van der Waals surface area contributed by atoms with E-state index < -0.39 is 0 Å². The third-order valence-electron chi connectivity index (χ3n) is 5.17. The van der Waals surface area contributed by atoms with Gasteiger partial charge in [-0.05, 0) is 85.4 Å². The Morgan fingerprint density at radius 1 is 0.778 bits per heavy atom. The lowest BCUT2D eigenvalue weighted by molar-refractivity contribution is 0.721. The number of rotatable bonds is 3. The lowest BCUT2D eigenvalue weighted by Crippen LogP contribution is -2.07. The van der Waals surface area contributed by atoms with Crippen LogP contribution in [-0.4, -0.2) is 9.97 Å². The molecule has 1 unspecified atom stereocenters. The van der Waals surface area contributed by atoms with Crippen molar-refractivity contribution in [3.05, 3.63) is 89.8 Å². The van der Waals surface area contributed by atoms with Crippen LogP contribution in [0.1, 0.15) is 32.8 Å². The minimum absolute atomic E-state index is 0.505. The van der Waals surface area contributed by atoms with Crippen molar-refractivity contribution in [2.75, 3.05) is 0 Å². The monoisotopic (exact) mass is 352 g/mol. The van der Waals surface area contributed by atoms with Crippen molar-refractivity contribution in [1.29, 1.82) is 0 Å². The van der Waals surface area contributed by atoms with E-state index in [1.54, 1.807) is 0 Å². The SMILES string of the molecule is CC1=CC(C)=C(c2cc(-c3ccccn3)cc(-c3ccccn3)c2)C(C)C1. The minimum Gasteiger partial charge on any atom is -0.256 e. The van der Waals surface area contributed by atoms with Gasteiger partial charge in [-0.1, -0.05) is 30.7 Å². The average molecular weight is 352 g/mol. The Labute approximate surface area is 161 Å². The molecular weight excluding hydrogens is 328 g/mol. The summed E-state index contributed by atoms with van der Waals surface area (Å²) in [6.45, 7) is 6.77. The summed E-state index contributed by atoms with van der Waals surface area (Å²) < 4.78 is 0. The summed E-state index contributed by atoms with van der Waals surface area (Å²) in [5.41, 5.74) is 9.75. The summed E-state index contributed by atoms with van der Waals surface area (Å²) in [5, 5.41) is 0. The van der Waals surface area contributed by atoms with Crippen LogP contribution < -0.4 is 0 Å². The number of aromatic nitrogens is 2. The highest BCUT2D eigenvalue weighted by molar-refractivity contribution is 5.81. The molecule has 0 amide bonds. The van der Waals surface area contributed by atoms with Gasteiger partial charge in [0.25, 0.3) is 0 Å². The van der Waals surface area contributed by atoms with Crippen LogP contribution in [0.5, 0.6) is 0 Å². The maximum atomic E-state index is 4.57. The molecule has 0 saturated heterocycles. The van der Waals surface area contributed by atoms with Gasteiger partial charge in [0.15, 0.2) is 0 Å². The molecule has 1 aliphatic carbocycles. The van der Waals surface area contributed by atoms with Gasteiger partial charge in [-0.3, -0.25) is 9.97 Å². The van der Waals surface area contributed by atoms with Gasteiger partial charge >= 0.3 is 0 Å². The van der Waals surface area contributed by atoms with E-state index in [0.29, 0.717) is 5.92 Å². The second-order valence-corrected chi connectivity index (χ2v) is 7.42. The summed E-state index contributed by atoms with van der Waals surface area (Å²) >= 11 is 0. The average Bonchev–Trinajstić information content (AvgIpc) is 2.68. The molecule has 0 bridgehead atoms. The van der Waals surface area contributed by atoms with Crippen molar-refractivity contribution < 1.29 is 0 Å². The maximum Gasteiger partial charge on any atom is 0.0702 e. The van der Waals surface area contributed by atoms with Crippen LogP contribution in [0.2, 0.25) is 0 Å². The Morgan fingerprint density at radius 2 is 1.33 bits per heavy atom. The van der Waals surface area contributed by atoms with E-state index in [9.17, 15) is 0 Å². The molecule has 27 heavy (non-hydrogen) atoms. The molecule has 2 heterocycles. The summed E-state index contributed by atoms with van der Waals surface area (Å²) in [6.07, 6.45) is 7.13. The van der Waals surface area contributed by atoms with Gasteiger partial charge in [0.2, 0.25) is 0 Å². The second kappa shape index (κ2) is 7.32. The van der Waals surface area contributed by atoms with Crippen LogP contribution in [-0.2, 0) is 0 Å². The molecule has 0 spiro atoms. The van der Waals surface area contributed by atoms with Crippen molar-refractivity contribution in [3.63, 3.8) is 0 Å². The molecule has 1 aliphatic rings. The molecular formula is C25H24N2. The number of pyridine rings is 2. The first kappa shape index (κ1) is 17.4. The Hall–Kier alpha value is -3.00. The van der Waals surface area contributed by atoms with E-state index in [-0.39, 0.29) is 0 Å². The number of hydrogen-bond donors (Lipinski definition) is 0. The molecule has 0 fully saturated rings. The van der Waals surface area contributed by atoms with Crippen molar-refractivity contribution in [3.8, 4) is 22.5 Å². The van der Waals surface area contributed by atoms with Gasteiger partial charge in [-0.25, -0.2) is 0 Å². The number of hydrogen-bond acceptors (Lipinski definition) is 2. The van der Waals surface area contributed by atoms with Crippen LogP contribution in [0.3, 0.4) is 0 Å². The smallest absolute Gasteiger partial charge is 0.0702 e. The van der Waals surface area contributed by atoms with Gasteiger partial charge in [0.1, 0.15) is 0 Å². The Kier molecular flexibility index (Phi) is 4.72. The molecule has 0 aliphatic heterocycles. The first-order valence-corrected chi connectivity index (χ1v) is 9.48. The van der Waals surface area contributed by atoms with Gasteiger partial charge in [0.05, 0.1) is 11.4 Å². The molecule has 2 aromatic heterocycles. The van der Waals surface area contributed by atoms with Crippen LogP contribution in [0.4, 0.5) is 0 Å². The van der Waals surface area contributed by atoms with Gasteiger partial charge in [0, 0.05) is 23.5 Å². The van der Waals surface area contributed by atoms with Gasteiger partial charge in [-0.2, -0.15) is 0 Å². The van der Waals surface area contributed by atoms with E-state index >= 15 is 0 Å². The zero-order valence-electron chi connectivity index (χ0n) is 16.1. The zero-order valence-corrected chi connectivity index (χ0v) is 16.1.